The lowest BCUT2D eigenvalue weighted by Gasteiger charge is -2.55. The van der Waals surface area contributed by atoms with Crippen molar-refractivity contribution in [2.24, 2.45) is 17.8 Å². The molecule has 0 radical (unpaired) electrons. The van der Waals surface area contributed by atoms with E-state index >= 15 is 0 Å². The Hall–Kier alpha value is -1.27. The Bertz CT molecular complexity index is 812. The molecule has 4 bridgehead atoms. The summed E-state index contributed by atoms with van der Waals surface area (Å²) in [6.45, 7) is 0. The molecule has 136 valence electrons. The smallest absolute Gasteiger partial charge is 0.259 e. The third-order valence-corrected chi connectivity index (χ3v) is 8.36. The standard InChI is InChI=1S/C20H22BrN3OS/c1-24(17(25)15-2-4-16(21)5-3-15)19-23-22-18(26-19)20-9-12-6-13(10-20)8-14(7-12)11-20/h2-5,12-14H,6-11H2,1H3. The van der Waals surface area contributed by atoms with Gasteiger partial charge in [-0.25, -0.2) is 0 Å². The van der Waals surface area contributed by atoms with Gasteiger partial charge >= 0.3 is 0 Å². The van der Waals surface area contributed by atoms with E-state index in [1.165, 1.54) is 43.5 Å². The molecule has 0 spiro atoms. The minimum Gasteiger partial charge on any atom is -0.286 e. The quantitative estimate of drug-likeness (QED) is 0.682. The fourth-order valence-electron chi connectivity index (χ4n) is 5.81. The van der Waals surface area contributed by atoms with Crippen molar-refractivity contribution < 1.29 is 4.79 Å². The third kappa shape index (κ3) is 2.73. The Balaban J connectivity index is 1.40. The first kappa shape index (κ1) is 16.9. The van der Waals surface area contributed by atoms with Crippen LogP contribution >= 0.6 is 27.3 Å². The van der Waals surface area contributed by atoms with Crippen LogP contribution in [-0.4, -0.2) is 23.2 Å². The van der Waals surface area contributed by atoms with Crippen LogP contribution in [0.25, 0.3) is 0 Å². The summed E-state index contributed by atoms with van der Waals surface area (Å²) in [6.07, 6.45) is 8.10. The van der Waals surface area contributed by atoms with Crippen molar-refractivity contribution in [3.63, 3.8) is 0 Å². The van der Waals surface area contributed by atoms with Crippen molar-refractivity contribution in [1.29, 1.82) is 0 Å². The molecule has 1 aromatic heterocycles. The number of aromatic nitrogens is 2. The van der Waals surface area contributed by atoms with E-state index < -0.39 is 0 Å². The van der Waals surface area contributed by atoms with Crippen molar-refractivity contribution >= 4 is 38.3 Å². The van der Waals surface area contributed by atoms with Gasteiger partial charge in [-0.05, 0) is 80.5 Å². The number of nitrogens with zero attached hydrogens (tertiary/aromatic N) is 3. The Morgan fingerprint density at radius 2 is 1.65 bits per heavy atom. The van der Waals surface area contributed by atoms with Crippen molar-refractivity contribution in [2.45, 2.75) is 43.9 Å². The molecule has 1 heterocycles. The van der Waals surface area contributed by atoms with Crippen molar-refractivity contribution in [3.8, 4) is 0 Å². The molecular weight excluding hydrogens is 410 g/mol. The van der Waals surface area contributed by atoms with E-state index in [9.17, 15) is 4.79 Å². The fourth-order valence-corrected chi connectivity index (χ4v) is 7.10. The number of hydrogen-bond donors (Lipinski definition) is 0. The van der Waals surface area contributed by atoms with Gasteiger partial charge in [0.25, 0.3) is 5.91 Å². The first-order chi connectivity index (χ1) is 12.5. The highest BCUT2D eigenvalue weighted by Crippen LogP contribution is 2.61. The van der Waals surface area contributed by atoms with Gasteiger partial charge in [-0.2, -0.15) is 0 Å². The zero-order valence-corrected chi connectivity index (χ0v) is 17.2. The van der Waals surface area contributed by atoms with Crippen LogP contribution in [0, 0.1) is 17.8 Å². The van der Waals surface area contributed by atoms with Crippen LogP contribution in [0.3, 0.4) is 0 Å². The molecule has 0 unspecified atom stereocenters. The summed E-state index contributed by atoms with van der Waals surface area (Å²) >= 11 is 5.04. The maximum atomic E-state index is 12.8. The van der Waals surface area contributed by atoms with Gasteiger partial charge in [0.1, 0.15) is 5.01 Å². The summed E-state index contributed by atoms with van der Waals surface area (Å²) in [7, 11) is 1.80. The Morgan fingerprint density at radius 1 is 1.08 bits per heavy atom. The summed E-state index contributed by atoms with van der Waals surface area (Å²) in [4.78, 5) is 14.4. The Morgan fingerprint density at radius 3 is 2.23 bits per heavy atom. The molecule has 2 aromatic rings. The van der Waals surface area contributed by atoms with Gasteiger partial charge in [-0.1, -0.05) is 27.3 Å². The molecule has 4 saturated carbocycles. The number of benzene rings is 1. The molecule has 4 fully saturated rings. The van der Waals surface area contributed by atoms with Gasteiger partial charge in [0.2, 0.25) is 5.13 Å². The highest BCUT2D eigenvalue weighted by molar-refractivity contribution is 9.10. The number of carbonyl (C=O) groups excluding carboxylic acids is 1. The van der Waals surface area contributed by atoms with Gasteiger partial charge in [-0.3, -0.25) is 9.69 Å². The van der Waals surface area contributed by atoms with E-state index in [0.717, 1.165) is 22.2 Å². The van der Waals surface area contributed by atoms with Crippen LogP contribution in [-0.2, 0) is 5.41 Å². The van der Waals surface area contributed by atoms with Crippen molar-refractivity contribution in [1.82, 2.24) is 10.2 Å². The summed E-state index contributed by atoms with van der Waals surface area (Å²) in [5, 5.41) is 10.9. The molecule has 0 saturated heterocycles. The summed E-state index contributed by atoms with van der Waals surface area (Å²) < 4.78 is 0.969. The monoisotopic (exact) mass is 431 g/mol. The highest BCUT2D eigenvalue weighted by Gasteiger charge is 2.53. The summed E-state index contributed by atoms with van der Waals surface area (Å²) in [5.74, 6) is 2.62. The van der Waals surface area contributed by atoms with Crippen LogP contribution in [0.5, 0.6) is 0 Å². The third-order valence-electron chi connectivity index (χ3n) is 6.59. The molecule has 6 rings (SSSR count). The normalized spacial score (nSPS) is 32.0. The van der Waals surface area contributed by atoms with Crippen LogP contribution in [0.15, 0.2) is 28.7 Å². The van der Waals surface area contributed by atoms with E-state index in [0.29, 0.717) is 10.7 Å². The zero-order chi connectivity index (χ0) is 17.9. The van der Waals surface area contributed by atoms with E-state index in [4.69, 9.17) is 0 Å². The first-order valence-electron chi connectivity index (χ1n) is 9.40. The minimum atomic E-state index is -0.0364. The number of rotatable bonds is 3. The summed E-state index contributed by atoms with van der Waals surface area (Å²) in [5.41, 5.74) is 0.911. The highest BCUT2D eigenvalue weighted by atomic mass is 79.9. The number of amides is 1. The number of carbonyl (C=O) groups is 1. The lowest BCUT2D eigenvalue weighted by Crippen LogP contribution is -2.48. The SMILES string of the molecule is CN(C(=O)c1ccc(Br)cc1)c1nnc(C23CC4CC(CC(C4)C2)C3)s1. The molecule has 0 aliphatic heterocycles. The number of anilines is 1. The molecule has 1 aromatic carbocycles. The fraction of sp³-hybridized carbons (Fsp3) is 0.550. The minimum absolute atomic E-state index is 0.0364. The van der Waals surface area contributed by atoms with Gasteiger partial charge in [-0.15, -0.1) is 10.2 Å². The zero-order valence-electron chi connectivity index (χ0n) is 14.8. The largest absolute Gasteiger partial charge is 0.286 e. The van der Waals surface area contributed by atoms with Gasteiger partial charge in [0, 0.05) is 22.5 Å². The maximum absolute atomic E-state index is 12.8. The Labute approximate surface area is 166 Å². The van der Waals surface area contributed by atoms with E-state index in [2.05, 4.69) is 26.1 Å². The lowest BCUT2D eigenvalue weighted by molar-refractivity contribution is -0.00555. The molecule has 4 nitrogen and oxygen atoms in total. The second-order valence-corrected chi connectivity index (χ2v) is 10.3. The first-order valence-corrected chi connectivity index (χ1v) is 11.0. The van der Waals surface area contributed by atoms with Gasteiger partial charge in [0.15, 0.2) is 0 Å². The second kappa shape index (κ2) is 6.13. The van der Waals surface area contributed by atoms with Crippen LogP contribution in [0.1, 0.15) is 53.9 Å². The average Bonchev–Trinajstić information content (AvgIpc) is 3.11. The average molecular weight is 432 g/mol. The van der Waals surface area contributed by atoms with Crippen molar-refractivity contribution in [2.75, 3.05) is 11.9 Å². The van der Waals surface area contributed by atoms with E-state index in [1.807, 2.05) is 24.3 Å². The molecule has 0 N–H and O–H groups in total. The van der Waals surface area contributed by atoms with Gasteiger partial charge in [0.05, 0.1) is 0 Å². The van der Waals surface area contributed by atoms with Crippen LogP contribution in [0.2, 0.25) is 0 Å². The van der Waals surface area contributed by atoms with Crippen LogP contribution < -0.4 is 4.90 Å². The van der Waals surface area contributed by atoms with Crippen LogP contribution in [0.4, 0.5) is 5.13 Å². The Kier molecular flexibility index (Phi) is 3.98. The molecule has 6 heteroatoms. The van der Waals surface area contributed by atoms with E-state index in [1.54, 1.807) is 23.3 Å². The molecule has 1 amide bonds. The molecular formula is C20H22BrN3OS. The predicted molar refractivity (Wildman–Crippen MR) is 107 cm³/mol. The number of hydrogen-bond acceptors (Lipinski definition) is 4. The molecule has 4 aliphatic rings. The van der Waals surface area contributed by atoms with Gasteiger partial charge < -0.3 is 0 Å². The lowest BCUT2D eigenvalue weighted by atomic mass is 9.50. The number of halogens is 1. The topological polar surface area (TPSA) is 46.1 Å². The second-order valence-electron chi connectivity index (χ2n) is 8.46. The molecule has 4 aliphatic carbocycles. The molecule has 26 heavy (non-hydrogen) atoms. The summed E-state index contributed by atoms with van der Waals surface area (Å²) in [6, 6.07) is 7.46. The predicted octanol–water partition coefficient (Wildman–Crippen LogP) is 5.05. The van der Waals surface area contributed by atoms with Crippen molar-refractivity contribution in [3.05, 3.63) is 39.3 Å². The van der Waals surface area contributed by atoms with E-state index in [-0.39, 0.29) is 11.3 Å². The maximum Gasteiger partial charge on any atom is 0.259 e. The molecule has 0 atom stereocenters.